The van der Waals surface area contributed by atoms with Crippen molar-refractivity contribution in [1.82, 2.24) is 4.98 Å². The standard InChI is InChI=1S/C22H20N6O3S/c1-12-8-13(2)19(14(3)9-12)24-25-20-15(4)26-27(21(20)29)22-23-18(11-32-22)16-6-5-7-17(10-16)28(30)31/h5-11,20H,1-4H3/t20-/m1/s1. The number of anilines is 1. The summed E-state index contributed by atoms with van der Waals surface area (Å²) in [6, 6.07) is 9.42. The Morgan fingerprint density at radius 3 is 2.53 bits per heavy atom. The molecule has 1 aliphatic heterocycles. The predicted molar refractivity (Wildman–Crippen MR) is 124 cm³/mol. The molecular formula is C22H20N6O3S. The summed E-state index contributed by atoms with van der Waals surface area (Å²) in [6.45, 7) is 7.67. The van der Waals surface area contributed by atoms with Crippen molar-refractivity contribution in [2.75, 3.05) is 5.01 Å². The number of thiazole rings is 1. The van der Waals surface area contributed by atoms with Crippen LogP contribution in [0.3, 0.4) is 0 Å². The van der Waals surface area contributed by atoms with E-state index in [1.807, 2.05) is 32.9 Å². The van der Waals surface area contributed by atoms with Crippen LogP contribution in [0.2, 0.25) is 0 Å². The van der Waals surface area contributed by atoms with E-state index in [2.05, 4.69) is 20.3 Å². The zero-order valence-electron chi connectivity index (χ0n) is 17.9. The van der Waals surface area contributed by atoms with Crippen LogP contribution in [0, 0.1) is 30.9 Å². The first-order valence-corrected chi connectivity index (χ1v) is 10.7. The first-order chi connectivity index (χ1) is 15.2. The van der Waals surface area contributed by atoms with Gasteiger partial charge in [0.05, 0.1) is 22.0 Å². The number of nitrogens with zero attached hydrogens (tertiary/aromatic N) is 6. The molecule has 2 aromatic carbocycles. The van der Waals surface area contributed by atoms with Gasteiger partial charge in [-0.2, -0.15) is 20.3 Å². The molecule has 32 heavy (non-hydrogen) atoms. The van der Waals surface area contributed by atoms with E-state index in [9.17, 15) is 14.9 Å². The minimum Gasteiger partial charge on any atom is -0.269 e. The van der Waals surface area contributed by atoms with Gasteiger partial charge in [0.15, 0.2) is 6.04 Å². The minimum absolute atomic E-state index is 0.0228. The fourth-order valence-electron chi connectivity index (χ4n) is 3.54. The first-order valence-electron chi connectivity index (χ1n) is 9.82. The highest BCUT2D eigenvalue weighted by molar-refractivity contribution is 7.14. The van der Waals surface area contributed by atoms with Crippen LogP contribution < -0.4 is 5.01 Å². The maximum atomic E-state index is 13.0. The minimum atomic E-state index is -0.819. The Hall–Kier alpha value is -3.79. The second kappa shape index (κ2) is 8.39. The van der Waals surface area contributed by atoms with E-state index in [0.29, 0.717) is 22.1 Å². The van der Waals surface area contributed by atoms with E-state index in [1.54, 1.807) is 24.4 Å². The van der Waals surface area contributed by atoms with Crippen molar-refractivity contribution in [2.45, 2.75) is 33.7 Å². The van der Waals surface area contributed by atoms with Crippen LogP contribution in [0.1, 0.15) is 23.6 Å². The zero-order chi connectivity index (χ0) is 23.0. The molecule has 1 aliphatic rings. The van der Waals surface area contributed by atoms with Gasteiger partial charge >= 0.3 is 0 Å². The normalized spacial score (nSPS) is 16.1. The fourth-order valence-corrected chi connectivity index (χ4v) is 4.33. The number of hydrogen-bond donors (Lipinski definition) is 0. The summed E-state index contributed by atoms with van der Waals surface area (Å²) in [5.74, 6) is -0.339. The average molecular weight is 449 g/mol. The first kappa shape index (κ1) is 21.4. The molecule has 0 N–H and O–H groups in total. The Morgan fingerprint density at radius 1 is 1.12 bits per heavy atom. The summed E-state index contributed by atoms with van der Waals surface area (Å²) >= 11 is 1.23. The highest BCUT2D eigenvalue weighted by Gasteiger charge is 2.36. The summed E-state index contributed by atoms with van der Waals surface area (Å²) in [7, 11) is 0. The molecule has 0 aliphatic carbocycles. The number of aryl methyl sites for hydroxylation is 3. The van der Waals surface area contributed by atoms with Gasteiger partial charge in [-0.25, -0.2) is 4.98 Å². The number of carbonyl (C=O) groups excluding carboxylic acids is 1. The van der Waals surface area contributed by atoms with Gasteiger partial charge in [-0.05, 0) is 38.8 Å². The second-order valence-corrected chi connectivity index (χ2v) is 8.42. The number of amides is 1. The maximum absolute atomic E-state index is 13.0. The molecule has 0 unspecified atom stereocenters. The molecule has 3 aromatic rings. The van der Waals surface area contributed by atoms with Crippen LogP contribution in [0.25, 0.3) is 11.3 Å². The lowest BCUT2D eigenvalue weighted by Gasteiger charge is -2.09. The Labute approximate surface area is 188 Å². The Bertz CT molecular complexity index is 1270. The van der Waals surface area contributed by atoms with E-state index < -0.39 is 11.0 Å². The highest BCUT2D eigenvalue weighted by Crippen LogP contribution is 2.32. The molecule has 2 heterocycles. The van der Waals surface area contributed by atoms with E-state index in [0.717, 1.165) is 22.4 Å². The number of nitro benzene ring substituents is 1. The number of aromatic nitrogens is 1. The van der Waals surface area contributed by atoms with Gasteiger partial charge in [0.1, 0.15) is 0 Å². The van der Waals surface area contributed by atoms with Gasteiger partial charge in [-0.3, -0.25) is 14.9 Å². The SMILES string of the molecule is CC1=NN(c2nc(-c3cccc([N+](=O)[O-])c3)cs2)C(=O)[C@@H]1N=Nc1c(C)cc(C)cc1C. The molecule has 0 spiro atoms. The molecule has 9 nitrogen and oxygen atoms in total. The molecule has 1 amide bonds. The van der Waals surface area contributed by atoms with Crippen molar-refractivity contribution in [3.05, 3.63) is 68.6 Å². The molecule has 0 saturated heterocycles. The topological polar surface area (TPSA) is 113 Å². The lowest BCUT2D eigenvalue weighted by Crippen LogP contribution is -2.29. The summed E-state index contributed by atoms with van der Waals surface area (Å²) in [6.07, 6.45) is 0. The molecule has 0 radical (unpaired) electrons. The van der Waals surface area contributed by atoms with Crippen LogP contribution in [0.5, 0.6) is 0 Å². The van der Waals surface area contributed by atoms with Crippen molar-refractivity contribution in [2.24, 2.45) is 15.3 Å². The van der Waals surface area contributed by atoms with Crippen molar-refractivity contribution in [3.8, 4) is 11.3 Å². The summed E-state index contributed by atoms with van der Waals surface area (Å²) < 4.78 is 0. The van der Waals surface area contributed by atoms with Gasteiger partial charge in [-0.1, -0.05) is 29.8 Å². The van der Waals surface area contributed by atoms with Gasteiger partial charge in [-0.15, -0.1) is 11.3 Å². The smallest absolute Gasteiger partial charge is 0.269 e. The average Bonchev–Trinajstić information content (AvgIpc) is 3.33. The fraction of sp³-hybridized carbons (Fsp3) is 0.227. The third-order valence-electron chi connectivity index (χ3n) is 5.03. The molecule has 0 bridgehead atoms. The molecule has 0 fully saturated rings. The zero-order valence-corrected chi connectivity index (χ0v) is 18.8. The van der Waals surface area contributed by atoms with Crippen LogP contribution in [-0.2, 0) is 4.79 Å². The maximum Gasteiger partial charge on any atom is 0.282 e. The predicted octanol–water partition coefficient (Wildman–Crippen LogP) is 5.52. The van der Waals surface area contributed by atoms with Crippen LogP contribution in [-0.4, -0.2) is 27.6 Å². The number of hydrogen-bond acceptors (Lipinski definition) is 8. The largest absolute Gasteiger partial charge is 0.282 e. The number of carbonyl (C=O) groups is 1. The van der Waals surface area contributed by atoms with E-state index >= 15 is 0 Å². The Kier molecular flexibility index (Phi) is 5.62. The van der Waals surface area contributed by atoms with Crippen LogP contribution in [0.4, 0.5) is 16.5 Å². The van der Waals surface area contributed by atoms with E-state index in [1.165, 1.54) is 28.5 Å². The molecule has 162 valence electrons. The number of hydrazone groups is 1. The molecule has 0 saturated carbocycles. The molecule has 10 heteroatoms. The Balaban J connectivity index is 1.57. The number of benzene rings is 2. The van der Waals surface area contributed by atoms with Crippen LogP contribution >= 0.6 is 11.3 Å². The summed E-state index contributed by atoms with van der Waals surface area (Å²) in [5, 5.41) is 27.3. The van der Waals surface area contributed by atoms with Crippen molar-refractivity contribution < 1.29 is 9.72 Å². The van der Waals surface area contributed by atoms with Crippen molar-refractivity contribution in [3.63, 3.8) is 0 Å². The van der Waals surface area contributed by atoms with Crippen molar-refractivity contribution in [1.29, 1.82) is 0 Å². The van der Waals surface area contributed by atoms with Gasteiger partial charge in [0.2, 0.25) is 5.13 Å². The monoisotopic (exact) mass is 448 g/mol. The second-order valence-electron chi connectivity index (χ2n) is 7.58. The quantitative estimate of drug-likeness (QED) is 0.290. The molecular weight excluding hydrogens is 428 g/mol. The molecule has 1 atom stereocenters. The lowest BCUT2D eigenvalue weighted by molar-refractivity contribution is -0.384. The lowest BCUT2D eigenvalue weighted by atomic mass is 10.1. The summed E-state index contributed by atoms with van der Waals surface area (Å²) in [4.78, 5) is 28.0. The van der Waals surface area contributed by atoms with E-state index in [-0.39, 0.29) is 11.6 Å². The van der Waals surface area contributed by atoms with Gasteiger partial charge in [0, 0.05) is 23.1 Å². The summed E-state index contributed by atoms with van der Waals surface area (Å²) in [5.41, 5.74) is 5.49. The number of nitro groups is 1. The third-order valence-corrected chi connectivity index (χ3v) is 5.85. The van der Waals surface area contributed by atoms with Crippen LogP contribution in [0.15, 0.2) is 57.1 Å². The van der Waals surface area contributed by atoms with E-state index in [4.69, 9.17) is 0 Å². The number of rotatable bonds is 5. The molecule has 1 aromatic heterocycles. The van der Waals surface area contributed by atoms with Gasteiger partial charge in [0.25, 0.3) is 11.6 Å². The van der Waals surface area contributed by atoms with Gasteiger partial charge < -0.3 is 0 Å². The van der Waals surface area contributed by atoms with Crippen molar-refractivity contribution >= 4 is 39.5 Å². The third kappa shape index (κ3) is 4.04. The number of non-ortho nitro benzene ring substituents is 1. The molecule has 4 rings (SSSR count). The highest BCUT2D eigenvalue weighted by atomic mass is 32.1. The Morgan fingerprint density at radius 2 is 1.84 bits per heavy atom. The number of azo groups is 1.